The first-order valence-electron chi connectivity index (χ1n) is 6.56. The molecule has 3 unspecified atom stereocenters. The van der Waals surface area contributed by atoms with Gasteiger partial charge in [0.2, 0.25) is 0 Å². The third-order valence-electron chi connectivity index (χ3n) is 3.26. The number of ether oxygens (including phenoxy) is 1. The average Bonchev–Trinajstić information content (AvgIpc) is 2.41. The maximum absolute atomic E-state index is 11.9. The number of carboxylic acid groups (broad SMARTS) is 1. The van der Waals surface area contributed by atoms with Gasteiger partial charge < -0.3 is 20.1 Å². The summed E-state index contributed by atoms with van der Waals surface area (Å²) < 4.78 is 4.58. The zero-order valence-corrected chi connectivity index (χ0v) is 12.7. The summed E-state index contributed by atoms with van der Waals surface area (Å²) in [6.45, 7) is 5.41. The molecule has 2 N–H and O–H groups in total. The van der Waals surface area contributed by atoms with E-state index in [0.717, 1.165) is 0 Å². The van der Waals surface area contributed by atoms with Crippen molar-refractivity contribution in [3.63, 3.8) is 0 Å². The molecule has 0 spiro atoms. The van der Waals surface area contributed by atoms with Gasteiger partial charge >= 0.3 is 18.0 Å². The number of hydrogen-bond acceptors (Lipinski definition) is 4. The molecular formula is C13H24N2O5. The number of amides is 2. The quantitative estimate of drug-likeness (QED) is 0.680. The molecule has 0 saturated carbocycles. The molecule has 0 aliphatic heterocycles. The normalized spacial score (nSPS) is 14.8. The van der Waals surface area contributed by atoms with Gasteiger partial charge in [-0.2, -0.15) is 0 Å². The zero-order valence-electron chi connectivity index (χ0n) is 12.7. The van der Waals surface area contributed by atoms with E-state index in [9.17, 15) is 14.4 Å². The molecular weight excluding hydrogens is 264 g/mol. The largest absolute Gasteiger partial charge is 0.480 e. The molecule has 20 heavy (non-hydrogen) atoms. The van der Waals surface area contributed by atoms with Crippen LogP contribution < -0.4 is 5.32 Å². The van der Waals surface area contributed by atoms with Crippen LogP contribution in [-0.4, -0.2) is 54.7 Å². The Hall–Kier alpha value is -1.79. The third kappa shape index (κ3) is 5.46. The molecule has 0 aromatic rings. The van der Waals surface area contributed by atoms with Crippen molar-refractivity contribution in [1.82, 2.24) is 10.2 Å². The second-order valence-electron chi connectivity index (χ2n) is 4.96. The number of nitrogens with one attached hydrogen (secondary N) is 1. The molecule has 0 aliphatic carbocycles. The number of hydrogen-bond donors (Lipinski definition) is 2. The van der Waals surface area contributed by atoms with Gasteiger partial charge in [0, 0.05) is 13.6 Å². The average molecular weight is 288 g/mol. The first-order valence-corrected chi connectivity index (χ1v) is 6.56. The van der Waals surface area contributed by atoms with Crippen LogP contribution in [0.15, 0.2) is 0 Å². The first-order chi connectivity index (χ1) is 9.24. The standard InChI is InChI=1S/C13H24N2O5/c1-6-8(2)10(11(16)17)14-13(19)15(4)7-9(3)12(18)20-5/h8-10H,6-7H2,1-5H3,(H,14,19)(H,16,17). The van der Waals surface area contributed by atoms with E-state index in [2.05, 4.69) is 10.1 Å². The Balaban J connectivity index is 4.57. The second-order valence-corrected chi connectivity index (χ2v) is 4.96. The van der Waals surface area contributed by atoms with Crippen LogP contribution in [0.3, 0.4) is 0 Å². The lowest BCUT2D eigenvalue weighted by Gasteiger charge is -2.25. The van der Waals surface area contributed by atoms with Crippen molar-refractivity contribution in [3.8, 4) is 0 Å². The number of carbonyl (C=O) groups is 3. The van der Waals surface area contributed by atoms with Crippen LogP contribution in [-0.2, 0) is 14.3 Å². The molecule has 116 valence electrons. The van der Waals surface area contributed by atoms with E-state index in [0.29, 0.717) is 6.42 Å². The predicted molar refractivity (Wildman–Crippen MR) is 73.2 cm³/mol. The number of carbonyl (C=O) groups excluding carboxylic acids is 2. The molecule has 0 saturated heterocycles. The minimum atomic E-state index is -1.07. The highest BCUT2D eigenvalue weighted by Crippen LogP contribution is 2.09. The molecule has 0 heterocycles. The maximum Gasteiger partial charge on any atom is 0.326 e. The highest BCUT2D eigenvalue weighted by molar-refractivity contribution is 5.83. The summed E-state index contributed by atoms with van der Waals surface area (Å²) in [7, 11) is 2.78. The van der Waals surface area contributed by atoms with Gasteiger partial charge in [0.25, 0.3) is 0 Å². The number of rotatable bonds is 7. The van der Waals surface area contributed by atoms with E-state index >= 15 is 0 Å². The molecule has 0 bridgehead atoms. The highest BCUT2D eigenvalue weighted by atomic mass is 16.5. The van der Waals surface area contributed by atoms with Crippen LogP contribution in [0.5, 0.6) is 0 Å². The number of aliphatic carboxylic acids is 1. The first kappa shape index (κ1) is 18.2. The van der Waals surface area contributed by atoms with Crippen molar-refractivity contribution < 1.29 is 24.2 Å². The summed E-state index contributed by atoms with van der Waals surface area (Å²) in [5.41, 5.74) is 0. The van der Waals surface area contributed by atoms with E-state index in [1.807, 2.05) is 6.92 Å². The van der Waals surface area contributed by atoms with Gasteiger partial charge in [0.15, 0.2) is 0 Å². The van der Waals surface area contributed by atoms with Crippen LogP contribution >= 0.6 is 0 Å². The summed E-state index contributed by atoms with van der Waals surface area (Å²) in [5, 5.41) is 11.6. The molecule has 0 fully saturated rings. The minimum absolute atomic E-state index is 0.158. The fourth-order valence-corrected chi connectivity index (χ4v) is 1.70. The maximum atomic E-state index is 11.9. The van der Waals surface area contributed by atoms with Crippen LogP contribution in [0, 0.1) is 11.8 Å². The van der Waals surface area contributed by atoms with Crippen molar-refractivity contribution in [2.45, 2.75) is 33.2 Å². The number of carboxylic acids is 1. The van der Waals surface area contributed by atoms with Gasteiger partial charge in [-0.3, -0.25) is 4.79 Å². The Kier molecular flexibility index (Phi) is 7.64. The zero-order chi connectivity index (χ0) is 15.9. The second kappa shape index (κ2) is 8.39. The van der Waals surface area contributed by atoms with Crippen molar-refractivity contribution in [2.24, 2.45) is 11.8 Å². The Morgan fingerprint density at radius 2 is 1.85 bits per heavy atom. The molecule has 7 heteroatoms. The van der Waals surface area contributed by atoms with Crippen molar-refractivity contribution in [1.29, 1.82) is 0 Å². The molecule has 2 amide bonds. The fourth-order valence-electron chi connectivity index (χ4n) is 1.70. The number of urea groups is 1. The lowest BCUT2D eigenvalue weighted by Crippen LogP contribution is -2.50. The Labute approximate surface area is 119 Å². The Bertz CT molecular complexity index is 359. The summed E-state index contributed by atoms with van der Waals surface area (Å²) in [6, 6.07) is -1.46. The van der Waals surface area contributed by atoms with Gasteiger partial charge in [-0.1, -0.05) is 27.2 Å². The van der Waals surface area contributed by atoms with Crippen LogP contribution in [0.2, 0.25) is 0 Å². The van der Waals surface area contributed by atoms with Gasteiger partial charge in [-0.05, 0) is 5.92 Å². The molecule has 0 aromatic carbocycles. The minimum Gasteiger partial charge on any atom is -0.480 e. The van der Waals surface area contributed by atoms with Crippen molar-refractivity contribution in [3.05, 3.63) is 0 Å². The van der Waals surface area contributed by atoms with E-state index in [1.54, 1.807) is 13.8 Å². The van der Waals surface area contributed by atoms with Crippen molar-refractivity contribution in [2.75, 3.05) is 20.7 Å². The van der Waals surface area contributed by atoms with Gasteiger partial charge in [-0.25, -0.2) is 9.59 Å². The number of esters is 1. The van der Waals surface area contributed by atoms with Crippen LogP contribution in [0.25, 0.3) is 0 Å². The molecule has 3 atom stereocenters. The fraction of sp³-hybridized carbons (Fsp3) is 0.769. The van der Waals surface area contributed by atoms with Gasteiger partial charge in [-0.15, -0.1) is 0 Å². The summed E-state index contributed by atoms with van der Waals surface area (Å²) in [6.07, 6.45) is 0.638. The molecule has 0 aromatic heterocycles. The molecule has 0 aliphatic rings. The van der Waals surface area contributed by atoms with E-state index in [1.165, 1.54) is 19.1 Å². The van der Waals surface area contributed by atoms with E-state index in [-0.39, 0.29) is 12.5 Å². The van der Waals surface area contributed by atoms with E-state index in [4.69, 9.17) is 5.11 Å². The molecule has 0 rings (SSSR count). The Morgan fingerprint density at radius 3 is 2.25 bits per heavy atom. The summed E-state index contributed by atoms with van der Waals surface area (Å²) in [5.74, 6) is -2.13. The third-order valence-corrected chi connectivity index (χ3v) is 3.26. The summed E-state index contributed by atoms with van der Waals surface area (Å²) in [4.78, 5) is 35.6. The molecule has 0 radical (unpaired) electrons. The van der Waals surface area contributed by atoms with Gasteiger partial charge in [0.1, 0.15) is 6.04 Å². The van der Waals surface area contributed by atoms with Crippen LogP contribution in [0.1, 0.15) is 27.2 Å². The van der Waals surface area contributed by atoms with Crippen LogP contribution in [0.4, 0.5) is 4.79 Å². The Morgan fingerprint density at radius 1 is 1.30 bits per heavy atom. The summed E-state index contributed by atoms with van der Waals surface area (Å²) >= 11 is 0. The lowest BCUT2D eigenvalue weighted by molar-refractivity contribution is -0.145. The molecule has 7 nitrogen and oxygen atoms in total. The monoisotopic (exact) mass is 288 g/mol. The SMILES string of the molecule is CCC(C)C(NC(=O)N(C)CC(C)C(=O)OC)C(=O)O. The topological polar surface area (TPSA) is 95.9 Å². The van der Waals surface area contributed by atoms with Gasteiger partial charge in [0.05, 0.1) is 13.0 Å². The predicted octanol–water partition coefficient (Wildman–Crippen LogP) is 0.936. The number of nitrogens with zero attached hydrogens (tertiary/aromatic N) is 1. The highest BCUT2D eigenvalue weighted by Gasteiger charge is 2.27. The van der Waals surface area contributed by atoms with Crippen molar-refractivity contribution >= 4 is 18.0 Å². The smallest absolute Gasteiger partial charge is 0.326 e. The lowest BCUT2D eigenvalue weighted by atomic mass is 9.99. The number of methoxy groups -OCH3 is 1. The van der Waals surface area contributed by atoms with E-state index < -0.39 is 29.9 Å².